The lowest BCUT2D eigenvalue weighted by molar-refractivity contribution is -0.141. The van der Waals surface area contributed by atoms with Gasteiger partial charge in [0.05, 0.1) is 24.6 Å². The fraction of sp³-hybridized carbons (Fsp3) is 0.269. The van der Waals surface area contributed by atoms with Crippen LogP contribution in [0.5, 0.6) is 0 Å². The summed E-state index contributed by atoms with van der Waals surface area (Å²) in [5.41, 5.74) is 1.62. The topological polar surface area (TPSA) is 67.4 Å². The van der Waals surface area contributed by atoms with Crippen LogP contribution in [0.4, 0.5) is 28.9 Å². The minimum atomic E-state index is -4.71. The summed E-state index contributed by atoms with van der Waals surface area (Å²) in [6.07, 6.45) is -2.21. The van der Waals surface area contributed by atoms with E-state index in [1.165, 1.54) is 12.1 Å². The van der Waals surface area contributed by atoms with Crippen molar-refractivity contribution in [3.05, 3.63) is 71.1 Å². The summed E-state index contributed by atoms with van der Waals surface area (Å²) in [6, 6.07) is 6.35. The molecule has 1 aliphatic rings. The molecule has 3 heterocycles. The number of ether oxygens (including phenoxy) is 1. The highest BCUT2D eigenvalue weighted by atomic mass is 19.4. The van der Waals surface area contributed by atoms with Crippen molar-refractivity contribution in [3.8, 4) is 23.0 Å². The number of morpholine rings is 1. The molecular formula is C26H22F4N4O2. The number of hydrogen-bond acceptors (Lipinski definition) is 5. The molecule has 0 aliphatic carbocycles. The van der Waals surface area contributed by atoms with Crippen molar-refractivity contribution in [2.75, 3.05) is 36.5 Å². The number of rotatable bonds is 4. The van der Waals surface area contributed by atoms with Gasteiger partial charge in [-0.05, 0) is 61.2 Å². The number of benzene rings is 1. The van der Waals surface area contributed by atoms with Gasteiger partial charge in [0.2, 0.25) is 0 Å². The molecule has 0 atom stereocenters. The van der Waals surface area contributed by atoms with E-state index in [1.807, 2.05) is 6.07 Å². The Morgan fingerprint density at radius 1 is 1.14 bits per heavy atom. The second-order valence-electron chi connectivity index (χ2n) is 8.09. The maximum absolute atomic E-state index is 14.8. The Bertz CT molecular complexity index is 1360. The van der Waals surface area contributed by atoms with Crippen LogP contribution in [-0.2, 0) is 10.9 Å². The number of carbonyl (C=O) groups excluding carboxylic acids is 1. The van der Waals surface area contributed by atoms with Gasteiger partial charge in [-0.3, -0.25) is 9.78 Å². The molecule has 186 valence electrons. The van der Waals surface area contributed by atoms with Crippen LogP contribution in [0.3, 0.4) is 0 Å². The Labute approximate surface area is 205 Å². The third-order valence-corrected chi connectivity index (χ3v) is 5.65. The summed E-state index contributed by atoms with van der Waals surface area (Å²) < 4.78 is 59.1. The van der Waals surface area contributed by atoms with E-state index in [0.717, 1.165) is 18.0 Å². The average molecular weight is 498 g/mol. The second kappa shape index (κ2) is 10.3. The van der Waals surface area contributed by atoms with Gasteiger partial charge in [0.15, 0.2) is 0 Å². The van der Waals surface area contributed by atoms with Crippen molar-refractivity contribution < 1.29 is 27.1 Å². The van der Waals surface area contributed by atoms with Gasteiger partial charge in [-0.25, -0.2) is 9.37 Å². The van der Waals surface area contributed by atoms with E-state index in [9.17, 15) is 22.4 Å². The molecule has 0 bridgehead atoms. The Morgan fingerprint density at radius 2 is 1.89 bits per heavy atom. The van der Waals surface area contributed by atoms with E-state index in [0.29, 0.717) is 54.8 Å². The van der Waals surface area contributed by atoms with Crippen molar-refractivity contribution in [2.45, 2.75) is 20.0 Å². The van der Waals surface area contributed by atoms with E-state index in [2.05, 4.69) is 32.0 Å². The molecule has 0 saturated carbocycles. The summed E-state index contributed by atoms with van der Waals surface area (Å²) >= 11 is 0. The van der Waals surface area contributed by atoms with Crippen LogP contribution in [0.1, 0.15) is 34.2 Å². The molecule has 10 heteroatoms. The van der Waals surface area contributed by atoms with Gasteiger partial charge in [0.25, 0.3) is 5.91 Å². The zero-order valence-electron chi connectivity index (χ0n) is 19.5. The molecule has 1 N–H and O–H groups in total. The standard InChI is InChI=1S/C26H22F4N4O2/c1-3-4-21-23(34-7-9-36-10-8-34)12-18(15-32-21)19-14-22(20(27)11-16(19)2)33-25(35)17-5-6-31-24(13-17)26(28,29)30/h5-6,11-15H,7-10H2,1-2H3,(H,33,35). The Balaban J connectivity index is 1.69. The van der Waals surface area contributed by atoms with Crippen molar-refractivity contribution in [1.82, 2.24) is 9.97 Å². The van der Waals surface area contributed by atoms with Crippen LogP contribution in [0.2, 0.25) is 0 Å². The normalized spacial score (nSPS) is 13.7. The number of amides is 1. The highest BCUT2D eigenvalue weighted by molar-refractivity contribution is 6.04. The van der Waals surface area contributed by atoms with Crippen molar-refractivity contribution >= 4 is 17.3 Å². The predicted molar refractivity (Wildman–Crippen MR) is 127 cm³/mol. The first-order chi connectivity index (χ1) is 17.2. The second-order valence-corrected chi connectivity index (χ2v) is 8.09. The lowest BCUT2D eigenvalue weighted by Crippen LogP contribution is -2.36. The first-order valence-electron chi connectivity index (χ1n) is 11.1. The van der Waals surface area contributed by atoms with Crippen LogP contribution < -0.4 is 10.2 Å². The Morgan fingerprint density at radius 3 is 2.58 bits per heavy atom. The fourth-order valence-electron chi connectivity index (χ4n) is 3.86. The molecule has 3 aromatic rings. The molecule has 1 amide bonds. The molecule has 0 unspecified atom stereocenters. The quantitative estimate of drug-likeness (QED) is 0.402. The largest absolute Gasteiger partial charge is 0.433 e. The number of aryl methyl sites for hydroxylation is 1. The molecule has 1 aliphatic heterocycles. The zero-order valence-corrected chi connectivity index (χ0v) is 19.5. The fourth-order valence-corrected chi connectivity index (χ4v) is 3.86. The molecule has 0 radical (unpaired) electrons. The number of aromatic nitrogens is 2. The number of hydrogen-bond donors (Lipinski definition) is 1. The highest BCUT2D eigenvalue weighted by Gasteiger charge is 2.33. The molecule has 6 nitrogen and oxygen atoms in total. The van der Waals surface area contributed by atoms with Gasteiger partial charge in [0, 0.05) is 36.6 Å². The van der Waals surface area contributed by atoms with E-state index in [-0.39, 0.29) is 11.3 Å². The number of halogens is 4. The van der Waals surface area contributed by atoms with Crippen LogP contribution in [0, 0.1) is 24.6 Å². The third-order valence-electron chi connectivity index (χ3n) is 5.65. The van der Waals surface area contributed by atoms with Crippen molar-refractivity contribution in [3.63, 3.8) is 0 Å². The molecular weight excluding hydrogens is 476 g/mol. The molecule has 4 rings (SSSR count). The van der Waals surface area contributed by atoms with Gasteiger partial charge >= 0.3 is 6.18 Å². The summed E-state index contributed by atoms with van der Waals surface area (Å²) in [4.78, 5) is 22.5. The summed E-state index contributed by atoms with van der Waals surface area (Å²) in [5.74, 6) is 4.25. The summed E-state index contributed by atoms with van der Waals surface area (Å²) in [7, 11) is 0. The third kappa shape index (κ3) is 5.47. The minimum Gasteiger partial charge on any atom is -0.378 e. The first-order valence-corrected chi connectivity index (χ1v) is 11.1. The van der Waals surface area contributed by atoms with E-state index in [1.54, 1.807) is 20.0 Å². The van der Waals surface area contributed by atoms with Crippen molar-refractivity contribution in [2.24, 2.45) is 0 Å². The monoisotopic (exact) mass is 498 g/mol. The number of pyridine rings is 2. The number of anilines is 2. The minimum absolute atomic E-state index is 0.170. The Kier molecular flexibility index (Phi) is 7.22. The maximum atomic E-state index is 14.8. The van der Waals surface area contributed by atoms with Gasteiger partial charge in [0.1, 0.15) is 17.2 Å². The molecule has 0 spiro atoms. The summed E-state index contributed by atoms with van der Waals surface area (Å²) in [6.45, 7) is 5.91. The number of nitrogens with one attached hydrogen (secondary N) is 1. The predicted octanol–water partition coefficient (Wildman–Crippen LogP) is 5.07. The van der Waals surface area contributed by atoms with E-state index in [4.69, 9.17) is 4.74 Å². The van der Waals surface area contributed by atoms with Gasteiger partial charge < -0.3 is 15.0 Å². The summed E-state index contributed by atoms with van der Waals surface area (Å²) in [5, 5.41) is 2.37. The Hall–Kier alpha value is -3.97. The molecule has 2 aromatic heterocycles. The lowest BCUT2D eigenvalue weighted by atomic mass is 9.99. The molecule has 1 saturated heterocycles. The van der Waals surface area contributed by atoms with Crippen LogP contribution in [-0.4, -0.2) is 42.2 Å². The molecule has 1 aromatic carbocycles. The first kappa shape index (κ1) is 25.1. The van der Waals surface area contributed by atoms with Gasteiger partial charge in [-0.1, -0.05) is 5.92 Å². The maximum Gasteiger partial charge on any atom is 0.433 e. The van der Waals surface area contributed by atoms with E-state index < -0.39 is 23.6 Å². The van der Waals surface area contributed by atoms with Crippen LogP contribution in [0.25, 0.3) is 11.1 Å². The lowest BCUT2D eigenvalue weighted by Gasteiger charge is -2.29. The van der Waals surface area contributed by atoms with Crippen molar-refractivity contribution in [1.29, 1.82) is 0 Å². The number of carbonyl (C=O) groups is 1. The molecule has 36 heavy (non-hydrogen) atoms. The SMILES string of the molecule is CC#Cc1ncc(-c2cc(NC(=O)c3ccnc(C(F)(F)F)c3)c(F)cc2C)cc1N1CCOCC1. The van der Waals surface area contributed by atoms with Gasteiger partial charge in [-0.15, -0.1) is 0 Å². The highest BCUT2D eigenvalue weighted by Crippen LogP contribution is 2.33. The van der Waals surface area contributed by atoms with E-state index >= 15 is 0 Å². The van der Waals surface area contributed by atoms with Crippen LogP contribution >= 0.6 is 0 Å². The van der Waals surface area contributed by atoms with Gasteiger partial charge in [-0.2, -0.15) is 13.2 Å². The average Bonchev–Trinajstić information content (AvgIpc) is 2.86. The molecule has 1 fully saturated rings. The zero-order chi connectivity index (χ0) is 25.9. The number of nitrogens with zero attached hydrogens (tertiary/aromatic N) is 3. The smallest absolute Gasteiger partial charge is 0.378 e. The number of alkyl halides is 3. The van der Waals surface area contributed by atoms with Crippen LogP contribution in [0.15, 0.2) is 42.7 Å².